The van der Waals surface area contributed by atoms with Crippen LogP contribution in [-0.4, -0.2) is 28.2 Å². The summed E-state index contributed by atoms with van der Waals surface area (Å²) in [4.78, 5) is 3.31. The largest absolute Gasteiger partial charge is 0.491 e. The van der Waals surface area contributed by atoms with Gasteiger partial charge >= 0.3 is 0 Å². The predicted octanol–water partition coefficient (Wildman–Crippen LogP) is 4.80. The lowest BCUT2D eigenvalue weighted by Crippen LogP contribution is -2.06. The van der Waals surface area contributed by atoms with Crippen molar-refractivity contribution in [3.05, 3.63) is 23.0 Å². The van der Waals surface area contributed by atoms with Crippen molar-refractivity contribution in [2.45, 2.75) is 32.7 Å². The number of benzene rings is 1. The molecule has 2 rings (SSSR count). The van der Waals surface area contributed by atoms with Gasteiger partial charge in [-0.1, -0.05) is 13.0 Å². The zero-order chi connectivity index (χ0) is 14.5. The molecule has 1 heterocycles. The number of aromatic amines is 1. The molecule has 5 heteroatoms. The van der Waals surface area contributed by atoms with E-state index in [9.17, 15) is 0 Å². The minimum atomic E-state index is 0.394. The van der Waals surface area contributed by atoms with Gasteiger partial charge in [0, 0.05) is 6.04 Å². The second kappa shape index (κ2) is 7.18. The van der Waals surface area contributed by atoms with Gasteiger partial charge < -0.3 is 14.3 Å². The third-order valence-electron chi connectivity index (χ3n) is 3.36. The van der Waals surface area contributed by atoms with Crippen molar-refractivity contribution in [1.82, 2.24) is 9.55 Å². The summed E-state index contributed by atoms with van der Waals surface area (Å²) < 4.78 is 8.79. The summed E-state index contributed by atoms with van der Waals surface area (Å²) in [5.41, 5.74) is 2.15. The van der Waals surface area contributed by atoms with Crippen LogP contribution in [0, 0.1) is 4.77 Å². The molecule has 0 spiro atoms. The number of para-hydroxylation sites is 1. The normalized spacial score (nSPS) is 12.8. The van der Waals surface area contributed by atoms with Crippen LogP contribution >= 0.6 is 24.0 Å². The van der Waals surface area contributed by atoms with E-state index in [0.717, 1.165) is 46.8 Å². The lowest BCUT2D eigenvalue weighted by atomic mass is 10.2. The van der Waals surface area contributed by atoms with Crippen LogP contribution in [0.5, 0.6) is 5.75 Å². The van der Waals surface area contributed by atoms with Gasteiger partial charge in [0.2, 0.25) is 0 Å². The van der Waals surface area contributed by atoms with E-state index in [-0.39, 0.29) is 0 Å². The van der Waals surface area contributed by atoms with E-state index >= 15 is 0 Å². The number of hydrogen-bond acceptors (Lipinski definition) is 3. The highest BCUT2D eigenvalue weighted by molar-refractivity contribution is 7.98. The molecule has 0 aliphatic carbocycles. The van der Waals surface area contributed by atoms with Crippen LogP contribution in [0.1, 0.15) is 32.7 Å². The van der Waals surface area contributed by atoms with E-state index in [1.807, 2.05) is 23.9 Å². The van der Waals surface area contributed by atoms with Crippen molar-refractivity contribution in [1.29, 1.82) is 0 Å². The maximum absolute atomic E-state index is 5.80. The molecule has 0 radical (unpaired) electrons. The Kier molecular flexibility index (Phi) is 5.54. The third kappa shape index (κ3) is 3.20. The first-order valence-corrected chi connectivity index (χ1v) is 8.84. The van der Waals surface area contributed by atoms with Crippen molar-refractivity contribution in [2.75, 3.05) is 18.6 Å². The van der Waals surface area contributed by atoms with Crippen LogP contribution in [-0.2, 0) is 0 Å². The molecular formula is C15H22N2OS2. The van der Waals surface area contributed by atoms with Gasteiger partial charge in [0.05, 0.1) is 12.1 Å². The Bertz CT molecular complexity index is 618. The van der Waals surface area contributed by atoms with E-state index in [2.05, 4.69) is 35.7 Å². The van der Waals surface area contributed by atoms with Crippen molar-refractivity contribution < 1.29 is 4.74 Å². The molecule has 1 atom stereocenters. The first-order chi connectivity index (χ1) is 9.69. The minimum absolute atomic E-state index is 0.394. The quantitative estimate of drug-likeness (QED) is 0.745. The van der Waals surface area contributed by atoms with Gasteiger partial charge in [-0.3, -0.25) is 0 Å². The first kappa shape index (κ1) is 15.4. The Balaban J connectivity index is 2.41. The molecule has 1 unspecified atom stereocenters. The summed E-state index contributed by atoms with van der Waals surface area (Å²) in [5.74, 6) is 2.04. The highest BCUT2D eigenvalue weighted by Crippen LogP contribution is 2.28. The molecule has 0 aliphatic heterocycles. The first-order valence-electron chi connectivity index (χ1n) is 7.04. The van der Waals surface area contributed by atoms with Crippen LogP contribution in [0.2, 0.25) is 0 Å². The summed E-state index contributed by atoms with van der Waals surface area (Å²) >= 11 is 7.37. The Hall–Kier alpha value is -0.940. The van der Waals surface area contributed by atoms with Crippen LogP contribution in [0.25, 0.3) is 11.0 Å². The number of nitrogens with zero attached hydrogens (tertiary/aromatic N) is 1. The summed E-state index contributed by atoms with van der Waals surface area (Å²) in [6.07, 6.45) is 4.25. The van der Waals surface area contributed by atoms with Crippen molar-refractivity contribution in [3.63, 3.8) is 0 Å². The Morgan fingerprint density at radius 1 is 1.45 bits per heavy atom. The standard InChI is InChI=1S/C15H22N2OS2/c1-4-9-18-13-7-5-6-12-14(13)16-15(19)17(12)11(2)8-10-20-3/h5-7,11H,4,8-10H2,1-3H3,(H,16,19). The van der Waals surface area contributed by atoms with Gasteiger partial charge in [0.15, 0.2) is 4.77 Å². The van der Waals surface area contributed by atoms with Crippen LogP contribution in [0.3, 0.4) is 0 Å². The predicted molar refractivity (Wildman–Crippen MR) is 90.6 cm³/mol. The second-order valence-electron chi connectivity index (χ2n) is 4.93. The summed E-state index contributed by atoms with van der Waals surface area (Å²) in [6.45, 7) is 5.06. The number of imidazole rings is 1. The average Bonchev–Trinajstić information content (AvgIpc) is 2.79. The number of aromatic nitrogens is 2. The summed E-state index contributed by atoms with van der Waals surface area (Å²) in [6, 6.07) is 6.54. The van der Waals surface area contributed by atoms with Gasteiger partial charge in [-0.25, -0.2) is 0 Å². The molecule has 1 N–H and O–H groups in total. The zero-order valence-electron chi connectivity index (χ0n) is 12.3. The molecule has 0 aliphatic rings. The van der Waals surface area contributed by atoms with Gasteiger partial charge in [-0.05, 0) is 56.1 Å². The van der Waals surface area contributed by atoms with Gasteiger partial charge in [-0.15, -0.1) is 0 Å². The lowest BCUT2D eigenvalue weighted by molar-refractivity contribution is 0.320. The Labute approximate surface area is 129 Å². The molecule has 0 saturated carbocycles. The molecule has 0 fully saturated rings. The van der Waals surface area contributed by atoms with Crippen molar-refractivity contribution in [3.8, 4) is 5.75 Å². The maximum atomic E-state index is 5.80. The molecule has 110 valence electrons. The molecular weight excluding hydrogens is 288 g/mol. The Morgan fingerprint density at radius 3 is 2.95 bits per heavy atom. The smallest absolute Gasteiger partial charge is 0.178 e. The fourth-order valence-corrected chi connectivity index (χ4v) is 3.27. The Morgan fingerprint density at radius 2 is 2.25 bits per heavy atom. The molecule has 2 aromatic rings. The van der Waals surface area contributed by atoms with E-state index in [4.69, 9.17) is 17.0 Å². The summed E-state index contributed by atoms with van der Waals surface area (Å²) in [7, 11) is 0. The van der Waals surface area contributed by atoms with Gasteiger partial charge in [-0.2, -0.15) is 11.8 Å². The lowest BCUT2D eigenvalue weighted by Gasteiger charge is -2.14. The number of thioether (sulfide) groups is 1. The second-order valence-corrected chi connectivity index (χ2v) is 6.30. The summed E-state index contributed by atoms with van der Waals surface area (Å²) in [5, 5.41) is 0. The van der Waals surface area contributed by atoms with Gasteiger partial charge in [0.25, 0.3) is 0 Å². The topological polar surface area (TPSA) is 29.9 Å². The molecule has 1 aromatic heterocycles. The molecule has 20 heavy (non-hydrogen) atoms. The molecule has 3 nitrogen and oxygen atoms in total. The number of fused-ring (bicyclic) bond motifs is 1. The van der Waals surface area contributed by atoms with Crippen LogP contribution in [0.15, 0.2) is 18.2 Å². The average molecular weight is 310 g/mol. The van der Waals surface area contributed by atoms with Crippen molar-refractivity contribution >= 4 is 35.0 Å². The SMILES string of the molecule is CCCOc1cccc2c1[nH]c(=S)n2C(C)CCSC. The van der Waals surface area contributed by atoms with Crippen molar-refractivity contribution in [2.24, 2.45) is 0 Å². The number of rotatable bonds is 7. The fraction of sp³-hybridized carbons (Fsp3) is 0.533. The highest BCUT2D eigenvalue weighted by atomic mass is 32.2. The van der Waals surface area contributed by atoms with Crippen LogP contribution < -0.4 is 4.74 Å². The minimum Gasteiger partial charge on any atom is -0.491 e. The number of nitrogens with one attached hydrogen (secondary N) is 1. The van der Waals surface area contributed by atoms with E-state index < -0.39 is 0 Å². The number of hydrogen-bond donors (Lipinski definition) is 1. The fourth-order valence-electron chi connectivity index (χ4n) is 2.31. The van der Waals surface area contributed by atoms with Crippen LogP contribution in [0.4, 0.5) is 0 Å². The molecule has 0 amide bonds. The number of ether oxygens (including phenoxy) is 1. The monoisotopic (exact) mass is 310 g/mol. The molecule has 0 saturated heterocycles. The van der Waals surface area contributed by atoms with E-state index in [1.165, 1.54) is 0 Å². The molecule has 0 bridgehead atoms. The van der Waals surface area contributed by atoms with Gasteiger partial charge in [0.1, 0.15) is 11.3 Å². The highest BCUT2D eigenvalue weighted by Gasteiger charge is 2.13. The zero-order valence-corrected chi connectivity index (χ0v) is 13.9. The van der Waals surface area contributed by atoms with E-state index in [1.54, 1.807) is 0 Å². The molecule has 1 aromatic carbocycles. The number of H-pyrrole nitrogens is 1. The third-order valence-corrected chi connectivity index (χ3v) is 4.30. The van der Waals surface area contributed by atoms with E-state index in [0.29, 0.717) is 6.04 Å². The maximum Gasteiger partial charge on any atom is 0.178 e.